The summed E-state index contributed by atoms with van der Waals surface area (Å²) in [6.07, 6.45) is 1.77. The molecule has 0 fully saturated rings. The molecule has 1 aliphatic heterocycles. The maximum atomic E-state index is 13.8. The highest BCUT2D eigenvalue weighted by Gasteiger charge is 2.55. The largest absolute Gasteiger partial charge is 0.328 e. The lowest BCUT2D eigenvalue weighted by Gasteiger charge is -2.35. The van der Waals surface area contributed by atoms with Crippen molar-refractivity contribution in [3.05, 3.63) is 64.8 Å². The summed E-state index contributed by atoms with van der Waals surface area (Å²) in [5.41, 5.74) is 1.00. The van der Waals surface area contributed by atoms with E-state index in [-0.39, 0.29) is 23.7 Å². The summed E-state index contributed by atoms with van der Waals surface area (Å²) in [4.78, 5) is 26.6. The van der Waals surface area contributed by atoms with Gasteiger partial charge < -0.3 is 9.88 Å². The topological polar surface area (TPSA) is 74.9 Å². The van der Waals surface area contributed by atoms with Gasteiger partial charge in [0, 0.05) is 29.3 Å². The molecule has 0 radical (unpaired) electrons. The number of benzene rings is 2. The minimum absolute atomic E-state index is 0.00939. The lowest BCUT2D eigenvalue weighted by Crippen LogP contribution is -2.43. The van der Waals surface area contributed by atoms with Crippen LogP contribution in [0.3, 0.4) is 0 Å². The van der Waals surface area contributed by atoms with Crippen LogP contribution in [-0.2, 0) is 15.7 Å². The second-order valence-corrected chi connectivity index (χ2v) is 8.59. The number of nitrogens with zero attached hydrogens (tertiary/aromatic N) is 2. The highest BCUT2D eigenvalue weighted by molar-refractivity contribution is 6.25. The molecule has 1 N–H and O–H groups in total. The predicted octanol–water partition coefficient (Wildman–Crippen LogP) is 4.09. The van der Waals surface area contributed by atoms with Crippen molar-refractivity contribution in [2.75, 3.05) is 5.32 Å². The van der Waals surface area contributed by atoms with E-state index in [1.165, 1.54) is 0 Å². The van der Waals surface area contributed by atoms with Crippen molar-refractivity contribution >= 4 is 28.3 Å². The van der Waals surface area contributed by atoms with Crippen molar-refractivity contribution in [2.45, 2.75) is 38.1 Å². The number of carbonyl (C=O) groups is 2. The van der Waals surface area contributed by atoms with Crippen LogP contribution in [0.25, 0.3) is 10.8 Å². The molecule has 28 heavy (non-hydrogen) atoms. The standard InChI is InChI=1S/C23H19N3O2/c1-22(2,3)26-12-14(11-24)19-21(26)25-17(27)10-23(19)16-9-5-7-13-6-4-8-15(18(13)16)20(23)28/h4-9,12H,10H2,1-3H3,(H,25,27)/t23-/m1/s1. The normalized spacial score (nSPS) is 20.4. The third-order valence-electron chi connectivity index (χ3n) is 5.96. The molecule has 5 heteroatoms. The average molecular weight is 369 g/mol. The maximum absolute atomic E-state index is 13.8. The number of nitriles is 1. The average Bonchev–Trinajstić information content (AvgIpc) is 3.14. The summed E-state index contributed by atoms with van der Waals surface area (Å²) in [6.45, 7) is 6.02. The van der Waals surface area contributed by atoms with E-state index in [9.17, 15) is 14.9 Å². The van der Waals surface area contributed by atoms with Crippen LogP contribution in [0.15, 0.2) is 42.6 Å². The number of hydrogen-bond acceptors (Lipinski definition) is 3. The van der Waals surface area contributed by atoms with E-state index in [1.54, 1.807) is 6.20 Å². The van der Waals surface area contributed by atoms with Crippen LogP contribution >= 0.6 is 0 Å². The number of fused-ring (bicyclic) bond motifs is 3. The van der Waals surface area contributed by atoms with Gasteiger partial charge in [0.05, 0.1) is 11.0 Å². The summed E-state index contributed by atoms with van der Waals surface area (Å²) in [6, 6.07) is 13.8. The van der Waals surface area contributed by atoms with E-state index in [1.807, 2.05) is 61.7 Å². The molecule has 1 amide bonds. The second-order valence-electron chi connectivity index (χ2n) is 8.59. The number of amides is 1. The van der Waals surface area contributed by atoms with E-state index in [2.05, 4.69) is 11.4 Å². The fourth-order valence-corrected chi connectivity index (χ4v) is 4.84. The Labute approximate surface area is 162 Å². The number of Topliss-reactive ketones (excluding diaryl/α,β-unsaturated/α-hetero) is 1. The number of anilines is 1. The zero-order valence-electron chi connectivity index (χ0n) is 16.0. The minimum Gasteiger partial charge on any atom is -0.328 e. The Morgan fingerprint density at radius 2 is 1.86 bits per heavy atom. The third-order valence-corrected chi connectivity index (χ3v) is 5.96. The zero-order chi connectivity index (χ0) is 19.8. The summed E-state index contributed by atoms with van der Waals surface area (Å²) < 4.78 is 1.90. The van der Waals surface area contributed by atoms with Crippen LogP contribution in [0.1, 0.15) is 54.2 Å². The van der Waals surface area contributed by atoms with Crippen molar-refractivity contribution in [3.8, 4) is 6.07 Å². The molecule has 2 aliphatic rings. The molecule has 1 atom stereocenters. The number of nitrogens with one attached hydrogen (secondary N) is 1. The lowest BCUT2D eigenvalue weighted by atomic mass is 9.69. The summed E-state index contributed by atoms with van der Waals surface area (Å²) >= 11 is 0. The van der Waals surface area contributed by atoms with Crippen LogP contribution in [0.5, 0.6) is 0 Å². The van der Waals surface area contributed by atoms with Gasteiger partial charge >= 0.3 is 0 Å². The third kappa shape index (κ3) is 1.85. The highest BCUT2D eigenvalue weighted by Crippen LogP contribution is 2.54. The predicted molar refractivity (Wildman–Crippen MR) is 106 cm³/mol. The van der Waals surface area contributed by atoms with Crippen LogP contribution < -0.4 is 5.32 Å². The van der Waals surface area contributed by atoms with Gasteiger partial charge in [0.1, 0.15) is 11.9 Å². The van der Waals surface area contributed by atoms with Crippen molar-refractivity contribution < 1.29 is 9.59 Å². The van der Waals surface area contributed by atoms with Crippen LogP contribution in [-0.4, -0.2) is 16.3 Å². The van der Waals surface area contributed by atoms with E-state index < -0.39 is 5.41 Å². The van der Waals surface area contributed by atoms with Gasteiger partial charge in [-0.1, -0.05) is 36.4 Å². The van der Waals surface area contributed by atoms with Crippen LogP contribution in [0.2, 0.25) is 0 Å². The number of ketones is 1. The fraction of sp³-hybridized carbons (Fsp3) is 0.261. The molecule has 5 nitrogen and oxygen atoms in total. The van der Waals surface area contributed by atoms with Gasteiger partial charge in [-0.3, -0.25) is 9.59 Å². The number of rotatable bonds is 0. The molecule has 0 saturated carbocycles. The number of aromatic nitrogens is 1. The molecule has 0 bridgehead atoms. The van der Waals surface area contributed by atoms with Crippen molar-refractivity contribution in [3.63, 3.8) is 0 Å². The second kappa shape index (κ2) is 5.11. The number of hydrogen-bond donors (Lipinski definition) is 1. The molecule has 0 saturated heterocycles. The smallest absolute Gasteiger partial charge is 0.227 e. The van der Waals surface area contributed by atoms with Gasteiger partial charge in [-0.25, -0.2) is 0 Å². The van der Waals surface area contributed by atoms with Crippen molar-refractivity contribution in [2.24, 2.45) is 0 Å². The summed E-state index contributed by atoms with van der Waals surface area (Å²) in [7, 11) is 0. The Balaban J connectivity index is 1.94. The lowest BCUT2D eigenvalue weighted by molar-refractivity contribution is -0.117. The molecule has 138 valence electrons. The maximum Gasteiger partial charge on any atom is 0.227 e. The van der Waals surface area contributed by atoms with Gasteiger partial charge in [-0.15, -0.1) is 0 Å². The van der Waals surface area contributed by atoms with Gasteiger partial charge in [-0.05, 0) is 37.1 Å². The van der Waals surface area contributed by atoms with Crippen molar-refractivity contribution in [1.29, 1.82) is 5.26 Å². The zero-order valence-corrected chi connectivity index (χ0v) is 16.0. The van der Waals surface area contributed by atoms with Gasteiger partial charge in [-0.2, -0.15) is 5.26 Å². The van der Waals surface area contributed by atoms with E-state index in [4.69, 9.17) is 0 Å². The molecule has 5 rings (SSSR count). The molecule has 1 spiro atoms. The van der Waals surface area contributed by atoms with E-state index in [0.29, 0.717) is 22.5 Å². The molecule has 1 aliphatic carbocycles. The first-order chi connectivity index (χ1) is 13.3. The molecule has 2 heterocycles. The van der Waals surface area contributed by atoms with Gasteiger partial charge in [0.2, 0.25) is 5.91 Å². The van der Waals surface area contributed by atoms with Crippen LogP contribution in [0.4, 0.5) is 5.82 Å². The Morgan fingerprint density at radius 3 is 2.54 bits per heavy atom. The Morgan fingerprint density at radius 1 is 1.14 bits per heavy atom. The minimum atomic E-state index is -1.15. The SMILES string of the molecule is CC(C)(C)n1cc(C#N)c2c1NC(=O)C[C@]21C(=O)c2cccc3cccc1c23. The molecular weight excluding hydrogens is 350 g/mol. The first kappa shape index (κ1) is 16.8. The first-order valence-corrected chi connectivity index (χ1v) is 9.32. The highest BCUT2D eigenvalue weighted by atomic mass is 16.2. The summed E-state index contributed by atoms with van der Waals surface area (Å²) in [5, 5.41) is 14.7. The van der Waals surface area contributed by atoms with Gasteiger partial charge in [0.15, 0.2) is 5.78 Å². The Bertz CT molecular complexity index is 1250. The molecule has 1 aromatic heterocycles. The molecule has 3 aromatic rings. The monoisotopic (exact) mass is 369 g/mol. The van der Waals surface area contributed by atoms with E-state index >= 15 is 0 Å². The Kier molecular flexibility index (Phi) is 3.06. The molecule has 2 aromatic carbocycles. The van der Waals surface area contributed by atoms with Crippen molar-refractivity contribution in [1.82, 2.24) is 4.57 Å². The molecule has 0 unspecified atom stereocenters. The Hall–Kier alpha value is -3.39. The number of carbonyl (C=O) groups excluding carboxylic acids is 2. The molecular formula is C23H19N3O2. The first-order valence-electron chi connectivity index (χ1n) is 9.32. The summed E-state index contributed by atoms with van der Waals surface area (Å²) in [5.74, 6) is 0.246. The van der Waals surface area contributed by atoms with Crippen LogP contribution in [0, 0.1) is 11.3 Å². The van der Waals surface area contributed by atoms with Gasteiger partial charge in [0.25, 0.3) is 0 Å². The quantitative estimate of drug-likeness (QED) is 0.648. The van der Waals surface area contributed by atoms with E-state index in [0.717, 1.165) is 16.3 Å². The fourth-order valence-electron chi connectivity index (χ4n) is 4.84.